The number of benzene rings is 2. The van der Waals surface area contributed by atoms with Crippen LogP contribution in [0.15, 0.2) is 60.9 Å². The van der Waals surface area contributed by atoms with Crippen LogP contribution in [-0.4, -0.2) is 19.2 Å². The van der Waals surface area contributed by atoms with Gasteiger partial charge in [0.15, 0.2) is 0 Å². The van der Waals surface area contributed by atoms with E-state index in [2.05, 4.69) is 24.0 Å². The number of pyridine rings is 1. The van der Waals surface area contributed by atoms with E-state index in [4.69, 9.17) is 9.47 Å². The van der Waals surface area contributed by atoms with Gasteiger partial charge in [-0.15, -0.1) is 0 Å². The highest BCUT2D eigenvalue weighted by molar-refractivity contribution is 5.87. The van der Waals surface area contributed by atoms with Crippen molar-refractivity contribution in [3.8, 4) is 33.8 Å². The smallest absolute Gasteiger partial charge is 0.138 e. The molecule has 0 bridgehead atoms. The van der Waals surface area contributed by atoms with Crippen molar-refractivity contribution in [3.05, 3.63) is 66.5 Å². The van der Waals surface area contributed by atoms with Crippen LogP contribution in [0.3, 0.4) is 0 Å². The van der Waals surface area contributed by atoms with Gasteiger partial charge in [-0.05, 0) is 36.2 Å². The third kappa shape index (κ3) is 2.78. The summed E-state index contributed by atoms with van der Waals surface area (Å²) in [6.07, 6.45) is 3.60. The minimum absolute atomic E-state index is 0.795. The number of nitrogens with zero attached hydrogens (tertiary/aromatic N) is 1. The predicted octanol–water partition coefficient (Wildman–Crippen LogP) is 4.74. The van der Waals surface area contributed by atoms with Gasteiger partial charge in [0.2, 0.25) is 0 Å². The molecule has 1 heterocycles. The van der Waals surface area contributed by atoms with Crippen molar-refractivity contribution in [2.75, 3.05) is 14.2 Å². The Balaban J connectivity index is 2.31. The van der Waals surface area contributed by atoms with E-state index >= 15 is 0 Å². The van der Waals surface area contributed by atoms with Crippen LogP contribution in [0.4, 0.5) is 0 Å². The molecule has 0 aliphatic rings. The van der Waals surface area contributed by atoms with Gasteiger partial charge in [-0.1, -0.05) is 30.3 Å². The Morgan fingerprint density at radius 1 is 0.826 bits per heavy atom. The monoisotopic (exact) mass is 305 g/mol. The molecule has 0 aliphatic heterocycles. The number of hydrogen-bond donors (Lipinski definition) is 0. The summed E-state index contributed by atoms with van der Waals surface area (Å²) >= 11 is 0. The number of ether oxygens (including phenoxy) is 2. The van der Waals surface area contributed by atoms with Crippen LogP contribution in [-0.2, 0) is 0 Å². The van der Waals surface area contributed by atoms with Crippen LogP contribution in [0.2, 0.25) is 0 Å². The van der Waals surface area contributed by atoms with E-state index in [0.717, 1.165) is 33.8 Å². The van der Waals surface area contributed by atoms with Crippen molar-refractivity contribution < 1.29 is 9.47 Å². The van der Waals surface area contributed by atoms with Gasteiger partial charge in [0, 0.05) is 23.5 Å². The van der Waals surface area contributed by atoms with E-state index in [1.165, 1.54) is 5.56 Å². The average Bonchev–Trinajstić information content (AvgIpc) is 2.61. The maximum Gasteiger partial charge on any atom is 0.138 e. The molecule has 2 aromatic carbocycles. The van der Waals surface area contributed by atoms with Crippen LogP contribution in [0.25, 0.3) is 22.3 Å². The highest BCUT2D eigenvalue weighted by Crippen LogP contribution is 2.45. The first-order chi connectivity index (χ1) is 11.3. The Labute approximate surface area is 136 Å². The molecule has 3 rings (SSSR count). The first-order valence-electron chi connectivity index (χ1n) is 7.47. The Bertz CT molecular complexity index is 813. The zero-order chi connectivity index (χ0) is 16.2. The number of aryl methyl sites for hydroxylation is 1. The zero-order valence-corrected chi connectivity index (χ0v) is 13.5. The fourth-order valence-electron chi connectivity index (χ4n) is 2.80. The van der Waals surface area contributed by atoms with E-state index in [1.54, 1.807) is 20.4 Å². The maximum atomic E-state index is 5.78. The molecule has 1 aromatic heterocycles. The summed E-state index contributed by atoms with van der Waals surface area (Å²) in [5, 5.41) is 0. The Kier molecular flexibility index (Phi) is 4.29. The quantitative estimate of drug-likeness (QED) is 0.697. The third-order valence-electron chi connectivity index (χ3n) is 3.93. The van der Waals surface area contributed by atoms with Crippen molar-refractivity contribution >= 4 is 0 Å². The normalized spacial score (nSPS) is 10.4. The molecule has 0 radical (unpaired) electrons. The summed E-state index contributed by atoms with van der Waals surface area (Å²) in [4.78, 5) is 4.21. The van der Waals surface area contributed by atoms with Crippen LogP contribution in [0, 0.1) is 6.92 Å². The van der Waals surface area contributed by atoms with Gasteiger partial charge in [0.25, 0.3) is 0 Å². The standard InChI is InChI=1S/C20H19NO2/c1-14-7-4-5-9-16(14)19-18(22-2)11-10-17(20(19)23-3)15-8-6-12-21-13-15/h4-13H,1-3H3. The van der Waals surface area contributed by atoms with Crippen LogP contribution >= 0.6 is 0 Å². The molecule has 116 valence electrons. The highest BCUT2D eigenvalue weighted by atomic mass is 16.5. The largest absolute Gasteiger partial charge is 0.496 e. The summed E-state index contributed by atoms with van der Waals surface area (Å²) in [5.74, 6) is 1.59. The molecule has 0 amide bonds. The van der Waals surface area contributed by atoms with E-state index < -0.39 is 0 Å². The summed E-state index contributed by atoms with van der Waals surface area (Å²) in [7, 11) is 3.37. The third-order valence-corrected chi connectivity index (χ3v) is 3.93. The molecule has 0 N–H and O–H groups in total. The molecule has 0 aliphatic carbocycles. The first kappa shape index (κ1) is 15.1. The van der Waals surface area contributed by atoms with E-state index in [9.17, 15) is 0 Å². The van der Waals surface area contributed by atoms with Gasteiger partial charge in [-0.25, -0.2) is 0 Å². The first-order valence-corrected chi connectivity index (χ1v) is 7.47. The molecule has 3 nitrogen and oxygen atoms in total. The van der Waals surface area contributed by atoms with Crippen LogP contribution in [0.5, 0.6) is 11.5 Å². The second kappa shape index (κ2) is 6.53. The SMILES string of the molecule is COc1ccc(-c2cccnc2)c(OC)c1-c1ccccc1C. The summed E-state index contributed by atoms with van der Waals surface area (Å²) in [6.45, 7) is 2.09. The van der Waals surface area contributed by atoms with Crippen LogP contribution in [0.1, 0.15) is 5.56 Å². The van der Waals surface area contributed by atoms with E-state index in [1.807, 2.05) is 42.6 Å². The Morgan fingerprint density at radius 2 is 1.65 bits per heavy atom. The molecule has 0 fully saturated rings. The lowest BCUT2D eigenvalue weighted by atomic mass is 9.94. The zero-order valence-electron chi connectivity index (χ0n) is 13.5. The molecule has 3 heteroatoms. The van der Waals surface area contributed by atoms with Crippen molar-refractivity contribution in [3.63, 3.8) is 0 Å². The molecule has 0 saturated carbocycles. The lowest BCUT2D eigenvalue weighted by Crippen LogP contribution is -1.97. The molecule has 0 unspecified atom stereocenters. The molecule has 0 saturated heterocycles. The molecule has 0 spiro atoms. The molecular formula is C20H19NO2. The second-order valence-corrected chi connectivity index (χ2v) is 5.28. The van der Waals surface area contributed by atoms with Gasteiger partial charge < -0.3 is 9.47 Å². The predicted molar refractivity (Wildman–Crippen MR) is 93.0 cm³/mol. The molecule has 3 aromatic rings. The topological polar surface area (TPSA) is 31.4 Å². The van der Waals surface area contributed by atoms with Gasteiger partial charge in [0.1, 0.15) is 11.5 Å². The van der Waals surface area contributed by atoms with Gasteiger partial charge in [0.05, 0.1) is 19.8 Å². The minimum Gasteiger partial charge on any atom is -0.496 e. The van der Waals surface area contributed by atoms with Crippen molar-refractivity contribution in [2.24, 2.45) is 0 Å². The number of hydrogen-bond acceptors (Lipinski definition) is 3. The second-order valence-electron chi connectivity index (χ2n) is 5.28. The molecule has 0 atom stereocenters. The number of rotatable bonds is 4. The van der Waals surface area contributed by atoms with Crippen molar-refractivity contribution in [2.45, 2.75) is 6.92 Å². The Morgan fingerprint density at radius 3 is 2.30 bits per heavy atom. The number of aromatic nitrogens is 1. The molecule has 23 heavy (non-hydrogen) atoms. The average molecular weight is 305 g/mol. The molecular weight excluding hydrogens is 286 g/mol. The fraction of sp³-hybridized carbons (Fsp3) is 0.150. The minimum atomic E-state index is 0.795. The van der Waals surface area contributed by atoms with E-state index in [-0.39, 0.29) is 0 Å². The highest BCUT2D eigenvalue weighted by Gasteiger charge is 2.19. The van der Waals surface area contributed by atoms with E-state index in [0.29, 0.717) is 0 Å². The Hall–Kier alpha value is -2.81. The van der Waals surface area contributed by atoms with Crippen LogP contribution < -0.4 is 9.47 Å². The van der Waals surface area contributed by atoms with Gasteiger partial charge in [-0.2, -0.15) is 0 Å². The summed E-state index contributed by atoms with van der Waals surface area (Å²) < 4.78 is 11.4. The number of methoxy groups -OCH3 is 2. The summed E-state index contributed by atoms with van der Waals surface area (Å²) in [5.41, 5.74) is 5.26. The lowest BCUT2D eigenvalue weighted by Gasteiger charge is -2.18. The van der Waals surface area contributed by atoms with Gasteiger partial charge >= 0.3 is 0 Å². The lowest BCUT2D eigenvalue weighted by molar-refractivity contribution is 0.398. The maximum absolute atomic E-state index is 5.78. The fourth-order valence-corrected chi connectivity index (χ4v) is 2.80. The summed E-state index contributed by atoms with van der Waals surface area (Å²) in [6, 6.07) is 16.2. The van der Waals surface area contributed by atoms with Crippen molar-refractivity contribution in [1.29, 1.82) is 0 Å². The van der Waals surface area contributed by atoms with Crippen molar-refractivity contribution in [1.82, 2.24) is 4.98 Å². The van der Waals surface area contributed by atoms with Gasteiger partial charge in [-0.3, -0.25) is 4.98 Å².